The lowest BCUT2D eigenvalue weighted by Crippen LogP contribution is -2.65. The number of nitrogens with zero attached hydrogens (tertiary/aromatic N) is 2. The summed E-state index contributed by atoms with van der Waals surface area (Å²) >= 11 is 0. The summed E-state index contributed by atoms with van der Waals surface area (Å²) in [7, 11) is 1.55. The minimum atomic E-state index is -5.10. The number of ether oxygens (including phenoxy) is 1. The number of aliphatic hydroxyl groups excluding tert-OH is 2. The van der Waals surface area contributed by atoms with Gasteiger partial charge in [0.2, 0.25) is 5.78 Å². The number of aromatic hydroxyl groups is 1. The molecule has 1 saturated carbocycles. The van der Waals surface area contributed by atoms with Crippen LogP contribution in [0.15, 0.2) is 23.0 Å². The molecule has 1 aromatic rings. The van der Waals surface area contributed by atoms with Crippen LogP contribution in [0.5, 0.6) is 11.5 Å². The van der Waals surface area contributed by atoms with E-state index in [1.165, 1.54) is 4.90 Å². The number of aliphatic hydroxyl groups is 3. The van der Waals surface area contributed by atoms with Gasteiger partial charge in [-0.25, -0.2) is 0 Å². The lowest BCUT2D eigenvalue weighted by Gasteiger charge is -2.50. The van der Waals surface area contributed by atoms with Crippen LogP contribution < -0.4 is 4.74 Å². The summed E-state index contributed by atoms with van der Waals surface area (Å²) in [5, 5.41) is 45.1. The van der Waals surface area contributed by atoms with Gasteiger partial charge in [-0.3, -0.25) is 24.2 Å². The number of likely N-dealkylation sites (N-methyl/N-ethyl adjacent to an activating group) is 1. The standard InChI is InChI=1S/C29H33F3N2O8/c1-4-33(3)22-17-10-14-9-16-21(18(36)11-15(12-34-7-5-6-8-34)25(16)42-29(30,31)32)23(37)20(14)27(40)28(17,41)26(39)19(13(2)35)24(22)38/h11,14,17,22,36-37,39,41H,4-10,12H2,1-3H3/t14-,17-,22-,28+/m0/s1. The van der Waals surface area contributed by atoms with E-state index in [0.29, 0.717) is 13.1 Å². The molecular weight excluding hydrogens is 561 g/mol. The number of carbonyl (C=O) groups excluding carboxylic acids is 3. The number of benzene rings is 1. The average Bonchev–Trinajstić information content (AvgIpc) is 3.40. The Morgan fingerprint density at radius 1 is 1.19 bits per heavy atom. The van der Waals surface area contributed by atoms with Gasteiger partial charge in [-0.05, 0) is 71.3 Å². The van der Waals surface area contributed by atoms with Crippen LogP contribution in [0.3, 0.4) is 0 Å². The second kappa shape index (κ2) is 10.4. The Bertz CT molecular complexity index is 1430. The number of ketones is 3. The first-order chi connectivity index (χ1) is 19.6. The van der Waals surface area contributed by atoms with Crippen LogP contribution in [0, 0.1) is 11.8 Å². The summed E-state index contributed by atoms with van der Waals surface area (Å²) in [5.41, 5.74) is -4.44. The van der Waals surface area contributed by atoms with E-state index in [9.17, 15) is 48.0 Å². The number of carbonyl (C=O) groups is 3. The monoisotopic (exact) mass is 594 g/mol. The first kappa shape index (κ1) is 30.1. The number of halogens is 3. The highest BCUT2D eigenvalue weighted by Crippen LogP contribution is 2.54. The summed E-state index contributed by atoms with van der Waals surface area (Å²) in [6.45, 7) is 4.34. The number of alkyl halides is 3. The zero-order valence-electron chi connectivity index (χ0n) is 23.4. The van der Waals surface area contributed by atoms with Crippen LogP contribution >= 0.6 is 0 Å². The lowest BCUT2D eigenvalue weighted by atomic mass is 9.57. The SMILES string of the molecule is CCN(C)[C@@H]1C(=O)C(C(C)=O)=C(O)[C@@]2(O)C(=O)C3=C(O)c4c(O)cc(CN5CCCC5)c(OC(F)(F)F)c4C[C@H]3C[C@@H]12. The van der Waals surface area contributed by atoms with Gasteiger partial charge >= 0.3 is 6.36 Å². The highest BCUT2D eigenvalue weighted by molar-refractivity contribution is 6.25. The topological polar surface area (TPSA) is 148 Å². The van der Waals surface area contributed by atoms with E-state index in [4.69, 9.17) is 0 Å². The average molecular weight is 595 g/mol. The molecule has 0 aromatic heterocycles. The molecular formula is C29H33F3N2O8. The quantitative estimate of drug-likeness (QED) is 0.363. The highest BCUT2D eigenvalue weighted by Gasteiger charge is 2.64. The van der Waals surface area contributed by atoms with E-state index in [-0.39, 0.29) is 37.1 Å². The van der Waals surface area contributed by atoms with Crippen molar-refractivity contribution in [2.24, 2.45) is 11.8 Å². The molecule has 3 aliphatic carbocycles. The fourth-order valence-electron chi connectivity index (χ4n) is 7.11. The first-order valence-corrected chi connectivity index (χ1v) is 13.9. The van der Waals surface area contributed by atoms with E-state index < -0.39 is 86.9 Å². The summed E-state index contributed by atoms with van der Waals surface area (Å²) in [6.07, 6.45) is -3.86. The minimum absolute atomic E-state index is 0.0555. The van der Waals surface area contributed by atoms with E-state index >= 15 is 0 Å². The van der Waals surface area contributed by atoms with Crippen molar-refractivity contribution in [2.75, 3.05) is 26.7 Å². The van der Waals surface area contributed by atoms with Crippen LogP contribution in [0.1, 0.15) is 49.8 Å². The van der Waals surface area contributed by atoms with Crippen molar-refractivity contribution in [1.82, 2.24) is 9.80 Å². The maximum absolute atomic E-state index is 14.0. The maximum atomic E-state index is 14.0. The molecule has 0 unspecified atom stereocenters. The number of hydrogen-bond acceptors (Lipinski definition) is 10. The number of likely N-dealkylation sites (tertiary alicyclic amines) is 1. The second-order valence-electron chi connectivity index (χ2n) is 11.5. The Kier molecular flexibility index (Phi) is 7.43. The van der Waals surface area contributed by atoms with Crippen LogP contribution in [0.4, 0.5) is 13.2 Å². The molecule has 1 saturated heterocycles. The largest absolute Gasteiger partial charge is 0.573 e. The van der Waals surface area contributed by atoms with Crippen molar-refractivity contribution < 1.29 is 52.7 Å². The normalized spacial score (nSPS) is 28.2. The van der Waals surface area contributed by atoms with Crippen molar-refractivity contribution in [2.45, 2.75) is 64.1 Å². The molecule has 0 amide bonds. The van der Waals surface area contributed by atoms with Gasteiger partial charge in [0, 0.05) is 29.2 Å². The predicted molar refractivity (Wildman–Crippen MR) is 142 cm³/mol. The van der Waals surface area contributed by atoms with Crippen molar-refractivity contribution in [1.29, 1.82) is 0 Å². The van der Waals surface area contributed by atoms with E-state index in [1.807, 2.05) is 4.90 Å². The molecule has 42 heavy (non-hydrogen) atoms. The van der Waals surface area contributed by atoms with Crippen molar-refractivity contribution >= 4 is 23.1 Å². The summed E-state index contributed by atoms with van der Waals surface area (Å²) in [5.74, 6) is -8.26. The Labute approximate surface area is 239 Å². The van der Waals surface area contributed by atoms with Gasteiger partial charge in [-0.1, -0.05) is 6.92 Å². The number of Topliss-reactive ketones (excluding diaryl/α,β-unsaturated/α-hetero) is 3. The van der Waals surface area contributed by atoms with Gasteiger partial charge in [-0.2, -0.15) is 0 Å². The lowest BCUT2D eigenvalue weighted by molar-refractivity contribution is -0.275. The van der Waals surface area contributed by atoms with Gasteiger partial charge in [0.15, 0.2) is 17.2 Å². The predicted octanol–water partition coefficient (Wildman–Crippen LogP) is 2.95. The molecule has 10 nitrogen and oxygen atoms in total. The van der Waals surface area contributed by atoms with Crippen molar-refractivity contribution in [3.05, 3.63) is 39.7 Å². The first-order valence-electron chi connectivity index (χ1n) is 13.9. The van der Waals surface area contributed by atoms with Crippen LogP contribution in [0.2, 0.25) is 0 Å². The molecule has 4 aliphatic rings. The third-order valence-corrected chi connectivity index (χ3v) is 9.08. The van der Waals surface area contributed by atoms with E-state index in [0.717, 1.165) is 25.8 Å². The van der Waals surface area contributed by atoms with Crippen molar-refractivity contribution in [3.8, 4) is 11.5 Å². The molecule has 228 valence electrons. The van der Waals surface area contributed by atoms with Crippen LogP contribution in [0.25, 0.3) is 5.76 Å². The summed E-state index contributed by atoms with van der Waals surface area (Å²) in [4.78, 5) is 43.2. The van der Waals surface area contributed by atoms with Gasteiger partial charge in [0.25, 0.3) is 0 Å². The molecule has 13 heteroatoms. The van der Waals surface area contributed by atoms with Crippen LogP contribution in [-0.4, -0.2) is 92.3 Å². The number of fused-ring (bicyclic) bond motifs is 3. The third kappa shape index (κ3) is 4.58. The van der Waals surface area contributed by atoms with Gasteiger partial charge in [0.1, 0.15) is 28.6 Å². The molecule has 1 heterocycles. The Morgan fingerprint density at radius 2 is 1.83 bits per heavy atom. The Hall–Kier alpha value is -3.42. The fraction of sp³-hybridized carbons (Fsp3) is 0.552. The molecule has 4 N–H and O–H groups in total. The smallest absolute Gasteiger partial charge is 0.508 e. The van der Waals surface area contributed by atoms with Gasteiger partial charge in [-0.15, -0.1) is 13.2 Å². The number of hydrogen-bond donors (Lipinski definition) is 4. The molecule has 0 spiro atoms. The molecule has 1 aliphatic heterocycles. The zero-order chi connectivity index (χ0) is 30.9. The molecule has 4 atom stereocenters. The fourth-order valence-corrected chi connectivity index (χ4v) is 7.11. The van der Waals surface area contributed by atoms with E-state index in [1.54, 1.807) is 14.0 Å². The maximum Gasteiger partial charge on any atom is 0.573 e. The van der Waals surface area contributed by atoms with Crippen molar-refractivity contribution in [3.63, 3.8) is 0 Å². The Balaban J connectivity index is 1.71. The van der Waals surface area contributed by atoms with Crippen LogP contribution in [-0.2, 0) is 27.3 Å². The van der Waals surface area contributed by atoms with Gasteiger partial charge in [0.05, 0.1) is 11.6 Å². The third-order valence-electron chi connectivity index (χ3n) is 9.08. The van der Waals surface area contributed by atoms with E-state index in [2.05, 4.69) is 4.74 Å². The number of rotatable bonds is 6. The molecule has 0 bridgehead atoms. The highest BCUT2D eigenvalue weighted by atomic mass is 19.4. The molecule has 5 rings (SSSR count). The minimum Gasteiger partial charge on any atom is -0.508 e. The van der Waals surface area contributed by atoms with Gasteiger partial charge < -0.3 is 25.2 Å². The Morgan fingerprint density at radius 3 is 2.40 bits per heavy atom. The number of phenolic OH excluding ortho intramolecular Hbond substituents is 1. The summed E-state index contributed by atoms with van der Waals surface area (Å²) in [6, 6.07) is -0.152. The molecule has 0 radical (unpaired) electrons. The second-order valence-corrected chi connectivity index (χ2v) is 11.5. The zero-order valence-corrected chi connectivity index (χ0v) is 23.4. The molecule has 2 fully saturated rings. The summed E-state index contributed by atoms with van der Waals surface area (Å²) < 4.78 is 45.5. The molecule has 1 aromatic carbocycles. The number of phenols is 1.